The molecule has 2 amide bonds. The first-order chi connectivity index (χ1) is 22.1. The maximum absolute atomic E-state index is 12.8. The van der Waals surface area contributed by atoms with E-state index in [0.29, 0.717) is 44.4 Å². The van der Waals surface area contributed by atoms with E-state index in [2.05, 4.69) is 78.3 Å². The molecule has 0 spiro atoms. The molecule has 0 aromatic heterocycles. The Kier molecular flexibility index (Phi) is 20.7. The van der Waals surface area contributed by atoms with E-state index in [0.717, 1.165) is 44.6 Å². The van der Waals surface area contributed by atoms with Crippen molar-refractivity contribution in [1.29, 1.82) is 0 Å². The molecule has 0 aliphatic heterocycles. The zero-order valence-electron chi connectivity index (χ0n) is 26.5. The number of allylic oxidation sites excluding steroid dienone is 12. The van der Waals surface area contributed by atoms with Crippen LogP contribution in [-0.4, -0.2) is 40.6 Å². The van der Waals surface area contributed by atoms with Gasteiger partial charge in [0, 0.05) is 13.0 Å². The Morgan fingerprint density at radius 2 is 1.33 bits per heavy atom. The standard InChI is InChI=1S/C36H47F3N2O5/c1-2-3-4-5-6-7-8-9-10-11-12-13-14-15-16-17-18-19-20-24-33(43)40-27-22-21-23-31(35(45)46)41-34(44)30-26-25-29(28-32(30)42)36(37,38)39/h3-4,6-7,9-10,12-13,15-16,18-19,25-26,28,31,42H,2,5,8,11,14,17,20-24,27H2,1H3,(H,40,43)(H,41,44)(H,45,46). The Hall–Kier alpha value is -4.34. The lowest BCUT2D eigenvalue weighted by molar-refractivity contribution is -0.139. The van der Waals surface area contributed by atoms with Gasteiger partial charge in [-0.1, -0.05) is 79.8 Å². The van der Waals surface area contributed by atoms with Crippen LogP contribution < -0.4 is 10.6 Å². The van der Waals surface area contributed by atoms with E-state index in [1.165, 1.54) is 0 Å². The van der Waals surface area contributed by atoms with E-state index >= 15 is 0 Å². The molecule has 1 aromatic rings. The first-order valence-corrected chi connectivity index (χ1v) is 15.7. The van der Waals surface area contributed by atoms with Crippen molar-refractivity contribution in [3.63, 3.8) is 0 Å². The fourth-order valence-corrected chi connectivity index (χ4v) is 4.04. The molecule has 0 fully saturated rings. The average molecular weight is 645 g/mol. The van der Waals surface area contributed by atoms with Crippen molar-refractivity contribution in [2.24, 2.45) is 0 Å². The molecule has 0 aliphatic rings. The van der Waals surface area contributed by atoms with Crippen molar-refractivity contribution in [2.45, 2.75) is 89.8 Å². The number of alkyl halides is 3. The minimum atomic E-state index is -4.69. The van der Waals surface area contributed by atoms with Gasteiger partial charge in [-0.3, -0.25) is 9.59 Å². The number of aromatic hydroxyl groups is 1. The summed E-state index contributed by atoms with van der Waals surface area (Å²) in [4.78, 5) is 35.9. The van der Waals surface area contributed by atoms with Crippen molar-refractivity contribution in [2.75, 3.05) is 6.54 Å². The summed E-state index contributed by atoms with van der Waals surface area (Å²) < 4.78 is 38.3. The van der Waals surface area contributed by atoms with E-state index in [1.807, 2.05) is 12.2 Å². The maximum atomic E-state index is 12.8. The first-order valence-electron chi connectivity index (χ1n) is 15.7. The normalized spacial score (nSPS) is 13.2. The molecule has 4 N–H and O–H groups in total. The third-order valence-electron chi connectivity index (χ3n) is 6.55. The molecule has 1 rings (SSSR count). The maximum Gasteiger partial charge on any atom is 0.416 e. The summed E-state index contributed by atoms with van der Waals surface area (Å²) in [5.41, 5.74) is -1.59. The largest absolute Gasteiger partial charge is 0.507 e. The van der Waals surface area contributed by atoms with Gasteiger partial charge in [0.05, 0.1) is 11.1 Å². The fraction of sp³-hybridized carbons (Fsp3) is 0.417. The number of nitrogens with one attached hydrogen (secondary N) is 2. The number of carbonyl (C=O) groups is 3. The van der Waals surface area contributed by atoms with Crippen LogP contribution in [0.25, 0.3) is 0 Å². The van der Waals surface area contributed by atoms with Crippen LogP contribution in [0.4, 0.5) is 13.2 Å². The van der Waals surface area contributed by atoms with Gasteiger partial charge in [-0.15, -0.1) is 0 Å². The van der Waals surface area contributed by atoms with Gasteiger partial charge < -0.3 is 20.8 Å². The van der Waals surface area contributed by atoms with E-state index in [9.17, 15) is 37.8 Å². The lowest BCUT2D eigenvalue weighted by Crippen LogP contribution is -2.40. The smallest absolute Gasteiger partial charge is 0.416 e. The van der Waals surface area contributed by atoms with Crippen LogP contribution in [0, 0.1) is 0 Å². The molecule has 1 aromatic carbocycles. The van der Waals surface area contributed by atoms with E-state index < -0.39 is 41.0 Å². The van der Waals surface area contributed by atoms with Crippen molar-refractivity contribution in [3.05, 3.63) is 102 Å². The third kappa shape index (κ3) is 19.1. The molecule has 1 atom stereocenters. The van der Waals surface area contributed by atoms with Crippen LogP contribution in [0.1, 0.15) is 93.5 Å². The summed E-state index contributed by atoms with van der Waals surface area (Å²) in [6, 6.07) is 0.533. The second-order valence-corrected chi connectivity index (χ2v) is 10.4. The molecule has 7 nitrogen and oxygen atoms in total. The van der Waals surface area contributed by atoms with Crippen LogP contribution in [-0.2, 0) is 15.8 Å². The summed E-state index contributed by atoms with van der Waals surface area (Å²) >= 11 is 0. The summed E-state index contributed by atoms with van der Waals surface area (Å²) in [6.45, 7) is 2.46. The number of hydrogen-bond donors (Lipinski definition) is 4. The SMILES string of the molecule is CCC=CCC=CCC=CCC=CCC=CCC=CCCC(=O)NCCCCC(NC(=O)c1ccc(C(F)(F)F)cc1O)C(=O)O. The summed E-state index contributed by atoms with van der Waals surface area (Å²) in [5, 5.41) is 24.2. The molecule has 0 heterocycles. The predicted octanol–water partition coefficient (Wildman–Crippen LogP) is 8.36. The van der Waals surface area contributed by atoms with Crippen LogP contribution >= 0.6 is 0 Å². The second-order valence-electron chi connectivity index (χ2n) is 10.4. The molecule has 0 saturated carbocycles. The number of amides is 2. The Balaban J connectivity index is 2.17. The van der Waals surface area contributed by atoms with Gasteiger partial charge in [0.25, 0.3) is 5.91 Å². The molecule has 0 saturated heterocycles. The number of carboxylic acids is 1. The number of halogens is 3. The van der Waals surface area contributed by atoms with Crippen molar-refractivity contribution < 1.29 is 37.8 Å². The number of phenols is 1. The molecular weight excluding hydrogens is 597 g/mol. The third-order valence-corrected chi connectivity index (χ3v) is 6.55. The molecule has 252 valence electrons. The van der Waals surface area contributed by atoms with Gasteiger partial charge in [-0.25, -0.2) is 4.79 Å². The quantitative estimate of drug-likeness (QED) is 0.0748. The van der Waals surface area contributed by atoms with Crippen LogP contribution in [0.15, 0.2) is 91.1 Å². The zero-order valence-corrected chi connectivity index (χ0v) is 26.5. The Morgan fingerprint density at radius 3 is 1.80 bits per heavy atom. The number of phenolic OH excluding ortho intramolecular Hbond substituents is 1. The van der Waals surface area contributed by atoms with Crippen LogP contribution in [0.3, 0.4) is 0 Å². The van der Waals surface area contributed by atoms with E-state index in [1.54, 1.807) is 0 Å². The Morgan fingerprint density at radius 1 is 0.804 bits per heavy atom. The van der Waals surface area contributed by atoms with Gasteiger partial charge in [0.2, 0.25) is 5.91 Å². The van der Waals surface area contributed by atoms with E-state index in [-0.39, 0.29) is 12.3 Å². The van der Waals surface area contributed by atoms with Crippen LogP contribution in [0.5, 0.6) is 5.75 Å². The average Bonchev–Trinajstić information content (AvgIpc) is 3.00. The number of carboxylic acid groups (broad SMARTS) is 1. The van der Waals surface area contributed by atoms with Gasteiger partial charge >= 0.3 is 12.1 Å². The van der Waals surface area contributed by atoms with Crippen LogP contribution in [0.2, 0.25) is 0 Å². The Labute approximate surface area is 270 Å². The van der Waals surface area contributed by atoms with E-state index in [4.69, 9.17) is 0 Å². The Bertz CT molecular complexity index is 1250. The van der Waals surface area contributed by atoms with Crippen molar-refractivity contribution in [3.8, 4) is 5.75 Å². The summed E-state index contributed by atoms with van der Waals surface area (Å²) in [5.74, 6) is -3.34. The van der Waals surface area contributed by atoms with Crippen molar-refractivity contribution >= 4 is 17.8 Å². The molecule has 0 bridgehead atoms. The molecule has 10 heteroatoms. The zero-order chi connectivity index (χ0) is 34.0. The first kappa shape index (κ1) is 39.7. The number of hydrogen-bond acceptors (Lipinski definition) is 4. The lowest BCUT2D eigenvalue weighted by Gasteiger charge is -2.16. The highest BCUT2D eigenvalue weighted by Crippen LogP contribution is 2.32. The monoisotopic (exact) mass is 644 g/mol. The molecule has 46 heavy (non-hydrogen) atoms. The number of unbranched alkanes of at least 4 members (excludes halogenated alkanes) is 1. The fourth-order valence-electron chi connectivity index (χ4n) is 4.04. The molecule has 0 aliphatic carbocycles. The molecular formula is C36H47F3N2O5. The van der Waals surface area contributed by atoms with Gasteiger partial charge in [0.15, 0.2) is 0 Å². The molecule has 1 unspecified atom stereocenters. The lowest BCUT2D eigenvalue weighted by atomic mass is 10.1. The van der Waals surface area contributed by atoms with Gasteiger partial charge in [-0.2, -0.15) is 13.2 Å². The molecule has 0 radical (unpaired) electrons. The minimum absolute atomic E-state index is 0.0386. The number of aliphatic carboxylic acids is 1. The second kappa shape index (κ2) is 24.0. The predicted molar refractivity (Wildman–Crippen MR) is 176 cm³/mol. The highest BCUT2D eigenvalue weighted by atomic mass is 19.4. The van der Waals surface area contributed by atoms with Gasteiger partial charge in [-0.05, 0) is 82.4 Å². The van der Waals surface area contributed by atoms with Crippen molar-refractivity contribution in [1.82, 2.24) is 10.6 Å². The summed E-state index contributed by atoms with van der Waals surface area (Å²) in [7, 11) is 0. The highest BCUT2D eigenvalue weighted by molar-refractivity contribution is 5.98. The minimum Gasteiger partial charge on any atom is -0.507 e. The number of rotatable bonds is 22. The topological polar surface area (TPSA) is 116 Å². The number of carbonyl (C=O) groups excluding carboxylic acids is 2. The summed E-state index contributed by atoms with van der Waals surface area (Å²) in [6.07, 6.45) is 28.1. The number of benzene rings is 1. The van der Waals surface area contributed by atoms with Gasteiger partial charge in [0.1, 0.15) is 11.8 Å². The highest BCUT2D eigenvalue weighted by Gasteiger charge is 2.32.